The number of nitrogens with zero attached hydrogens (tertiary/aromatic N) is 1. The first-order valence-electron chi connectivity index (χ1n) is 5.64. The van der Waals surface area contributed by atoms with Gasteiger partial charge in [-0.05, 0) is 12.1 Å². The number of aromatic nitrogens is 1. The van der Waals surface area contributed by atoms with E-state index in [1.165, 1.54) is 0 Å². The van der Waals surface area contributed by atoms with Crippen molar-refractivity contribution in [3.63, 3.8) is 0 Å². The summed E-state index contributed by atoms with van der Waals surface area (Å²) < 4.78 is 5.09. The third kappa shape index (κ3) is 5.58. The number of anilines is 2. The van der Waals surface area contributed by atoms with Gasteiger partial charge in [-0.2, -0.15) is 0 Å². The minimum atomic E-state index is -0.277. The Morgan fingerprint density at radius 2 is 2.28 bits per heavy atom. The highest BCUT2D eigenvalue weighted by atomic mass is 16.5. The topological polar surface area (TPSA) is 110 Å². The van der Waals surface area contributed by atoms with Crippen LogP contribution in [0.5, 0.6) is 0 Å². The van der Waals surface area contributed by atoms with E-state index < -0.39 is 0 Å². The molecule has 0 saturated heterocycles. The first-order valence-corrected chi connectivity index (χ1v) is 5.64. The number of carbonyl (C=O) groups excluding carboxylic acids is 1. The Morgan fingerprint density at radius 1 is 1.44 bits per heavy atom. The third-order valence-electron chi connectivity index (χ3n) is 2.03. The van der Waals surface area contributed by atoms with Crippen molar-refractivity contribution >= 4 is 17.4 Å². The molecule has 0 aliphatic rings. The smallest absolute Gasteiger partial charge is 0.239 e. The second kappa shape index (κ2) is 8.40. The molecule has 0 bridgehead atoms. The number of nitrogens with two attached hydrogens (primary N) is 1. The maximum Gasteiger partial charge on any atom is 0.239 e. The summed E-state index contributed by atoms with van der Waals surface area (Å²) in [5.74, 6) is 0.188. The SMILES string of the molecule is NCC(=O)Nc1ccc(NCCOCCO)cn1. The maximum absolute atomic E-state index is 11.0. The maximum atomic E-state index is 11.0. The Morgan fingerprint density at radius 3 is 2.89 bits per heavy atom. The van der Waals surface area contributed by atoms with E-state index in [9.17, 15) is 4.79 Å². The van der Waals surface area contributed by atoms with E-state index in [-0.39, 0.29) is 19.1 Å². The predicted octanol–water partition coefficient (Wildman–Crippen LogP) is -0.600. The second-order valence-corrected chi connectivity index (χ2v) is 3.45. The van der Waals surface area contributed by atoms with Gasteiger partial charge in [-0.25, -0.2) is 4.98 Å². The minimum absolute atomic E-state index is 0.0249. The number of carbonyl (C=O) groups is 1. The average Bonchev–Trinajstić information content (AvgIpc) is 2.40. The van der Waals surface area contributed by atoms with E-state index >= 15 is 0 Å². The van der Waals surface area contributed by atoms with Crippen LogP contribution in [-0.4, -0.2) is 48.9 Å². The van der Waals surface area contributed by atoms with Gasteiger partial charge < -0.3 is 26.2 Å². The highest BCUT2D eigenvalue weighted by Crippen LogP contribution is 2.08. The lowest BCUT2D eigenvalue weighted by molar-refractivity contribution is -0.114. The molecule has 1 aromatic rings. The van der Waals surface area contributed by atoms with Crippen molar-refractivity contribution in [2.75, 3.05) is 43.5 Å². The van der Waals surface area contributed by atoms with Crippen molar-refractivity contribution in [2.24, 2.45) is 5.73 Å². The standard InChI is InChI=1S/C11H18N4O3/c12-7-11(17)15-10-2-1-9(8-14-10)13-3-5-18-6-4-16/h1-2,8,13,16H,3-7,12H2,(H,14,15,17). The number of aliphatic hydroxyl groups excluding tert-OH is 1. The quantitative estimate of drug-likeness (QED) is 0.461. The Kier molecular flexibility index (Phi) is 6.70. The lowest BCUT2D eigenvalue weighted by atomic mass is 10.4. The molecule has 0 aliphatic heterocycles. The minimum Gasteiger partial charge on any atom is -0.394 e. The molecule has 0 radical (unpaired) electrons. The molecule has 0 aromatic carbocycles. The van der Waals surface area contributed by atoms with Gasteiger partial charge in [0.05, 0.1) is 38.2 Å². The molecule has 5 N–H and O–H groups in total. The average molecular weight is 254 g/mol. The molecule has 1 amide bonds. The van der Waals surface area contributed by atoms with Crippen LogP contribution >= 0.6 is 0 Å². The first kappa shape index (κ1) is 14.4. The molecule has 1 heterocycles. The van der Waals surface area contributed by atoms with E-state index in [0.717, 1.165) is 5.69 Å². The number of amides is 1. The normalized spacial score (nSPS) is 10.1. The molecule has 7 nitrogen and oxygen atoms in total. The van der Waals surface area contributed by atoms with Crippen LogP contribution in [-0.2, 0) is 9.53 Å². The van der Waals surface area contributed by atoms with Crippen LogP contribution in [0.25, 0.3) is 0 Å². The van der Waals surface area contributed by atoms with Gasteiger partial charge in [-0.15, -0.1) is 0 Å². The lowest BCUT2D eigenvalue weighted by Crippen LogP contribution is -2.22. The van der Waals surface area contributed by atoms with Gasteiger partial charge in [0.15, 0.2) is 0 Å². The monoisotopic (exact) mass is 254 g/mol. The van der Waals surface area contributed by atoms with E-state index in [1.807, 2.05) is 0 Å². The van der Waals surface area contributed by atoms with Crippen molar-refractivity contribution < 1.29 is 14.6 Å². The fourth-order valence-electron chi connectivity index (χ4n) is 1.20. The molecule has 18 heavy (non-hydrogen) atoms. The zero-order valence-corrected chi connectivity index (χ0v) is 10.1. The summed E-state index contributed by atoms with van der Waals surface area (Å²) in [5, 5.41) is 14.1. The van der Waals surface area contributed by atoms with Gasteiger partial charge in [0, 0.05) is 6.54 Å². The van der Waals surface area contributed by atoms with E-state index in [1.54, 1.807) is 18.3 Å². The number of nitrogens with one attached hydrogen (secondary N) is 2. The predicted molar refractivity (Wildman–Crippen MR) is 68.3 cm³/mol. The number of hydrogen-bond acceptors (Lipinski definition) is 6. The highest BCUT2D eigenvalue weighted by Gasteiger charge is 2.00. The summed E-state index contributed by atoms with van der Waals surface area (Å²) in [7, 11) is 0. The molecule has 0 spiro atoms. The van der Waals surface area contributed by atoms with Crippen LogP contribution in [0.3, 0.4) is 0 Å². The van der Waals surface area contributed by atoms with Crippen LogP contribution in [0.15, 0.2) is 18.3 Å². The summed E-state index contributed by atoms with van der Waals surface area (Å²) in [5.41, 5.74) is 6.00. The van der Waals surface area contributed by atoms with Crippen molar-refractivity contribution in [1.29, 1.82) is 0 Å². The van der Waals surface area contributed by atoms with Gasteiger partial charge in [0.2, 0.25) is 5.91 Å². The molecular formula is C11H18N4O3. The van der Waals surface area contributed by atoms with Crippen LogP contribution in [0.1, 0.15) is 0 Å². The molecule has 1 aromatic heterocycles. The van der Waals surface area contributed by atoms with Gasteiger partial charge in [0.25, 0.3) is 0 Å². The molecule has 0 fully saturated rings. The molecule has 1 rings (SSSR count). The zero-order chi connectivity index (χ0) is 13.2. The molecular weight excluding hydrogens is 236 g/mol. The van der Waals surface area contributed by atoms with Crippen molar-refractivity contribution in [3.05, 3.63) is 18.3 Å². The molecule has 100 valence electrons. The first-order chi connectivity index (χ1) is 8.76. The summed E-state index contributed by atoms with van der Waals surface area (Å²) in [6.45, 7) is 1.42. The van der Waals surface area contributed by atoms with Crippen molar-refractivity contribution in [3.8, 4) is 0 Å². The molecule has 0 saturated carbocycles. The Bertz CT molecular complexity index is 356. The largest absolute Gasteiger partial charge is 0.394 e. The van der Waals surface area contributed by atoms with Crippen molar-refractivity contribution in [1.82, 2.24) is 4.98 Å². The Hall–Kier alpha value is -1.70. The van der Waals surface area contributed by atoms with Gasteiger partial charge in [0.1, 0.15) is 5.82 Å². The van der Waals surface area contributed by atoms with Crippen LogP contribution in [0.4, 0.5) is 11.5 Å². The fourth-order valence-corrected chi connectivity index (χ4v) is 1.20. The fraction of sp³-hybridized carbons (Fsp3) is 0.455. The van der Waals surface area contributed by atoms with E-state index in [4.69, 9.17) is 15.6 Å². The van der Waals surface area contributed by atoms with Crippen LogP contribution in [0, 0.1) is 0 Å². The van der Waals surface area contributed by atoms with Gasteiger partial charge >= 0.3 is 0 Å². The Balaban J connectivity index is 2.29. The van der Waals surface area contributed by atoms with Crippen LogP contribution in [0.2, 0.25) is 0 Å². The third-order valence-corrected chi connectivity index (χ3v) is 2.03. The van der Waals surface area contributed by atoms with Crippen LogP contribution < -0.4 is 16.4 Å². The van der Waals surface area contributed by atoms with Crippen molar-refractivity contribution in [2.45, 2.75) is 0 Å². The number of hydrogen-bond donors (Lipinski definition) is 4. The highest BCUT2D eigenvalue weighted by molar-refractivity contribution is 5.91. The Labute approximate surface area is 105 Å². The molecule has 7 heteroatoms. The second-order valence-electron chi connectivity index (χ2n) is 3.45. The van der Waals surface area contributed by atoms with Gasteiger partial charge in [-0.3, -0.25) is 4.79 Å². The number of rotatable bonds is 8. The van der Waals surface area contributed by atoms with E-state index in [0.29, 0.717) is 25.6 Å². The number of aliphatic hydroxyl groups is 1. The summed E-state index contributed by atoms with van der Waals surface area (Å²) in [6.07, 6.45) is 1.61. The number of pyridine rings is 1. The zero-order valence-electron chi connectivity index (χ0n) is 10.1. The molecule has 0 unspecified atom stereocenters. The summed E-state index contributed by atoms with van der Waals surface area (Å²) in [4.78, 5) is 15.1. The number of ether oxygens (including phenoxy) is 1. The summed E-state index contributed by atoms with van der Waals surface area (Å²) in [6, 6.07) is 3.48. The molecule has 0 atom stereocenters. The van der Waals surface area contributed by atoms with E-state index in [2.05, 4.69) is 15.6 Å². The van der Waals surface area contributed by atoms with Gasteiger partial charge in [-0.1, -0.05) is 0 Å². The molecule has 0 aliphatic carbocycles. The summed E-state index contributed by atoms with van der Waals surface area (Å²) >= 11 is 0. The lowest BCUT2D eigenvalue weighted by Gasteiger charge is -2.07.